The van der Waals surface area contributed by atoms with Crippen LogP contribution in [0.15, 0.2) is 0 Å². The zero-order valence-corrected chi connectivity index (χ0v) is 6.28. The second-order valence-electron chi connectivity index (χ2n) is 3.32. The number of rotatable bonds is 2. The average molecular weight is 180 g/mol. The van der Waals surface area contributed by atoms with Crippen LogP contribution in [0.3, 0.4) is 0 Å². The maximum absolute atomic E-state index is 12.9. The van der Waals surface area contributed by atoms with E-state index in [1.807, 2.05) is 0 Å². The fourth-order valence-corrected chi connectivity index (χ4v) is 1.86. The number of fused-ring (bicyclic) bond motifs is 1. The first-order valence-electron chi connectivity index (χ1n) is 3.91. The van der Waals surface area contributed by atoms with E-state index < -0.39 is 30.2 Å². The SMILES string of the molecule is OCC[C@H]1[C@@H]2O[C@@H]2C(F)(F)[C@@H]1O. The Labute approximate surface area is 68.0 Å². The fraction of sp³-hybridized carbons (Fsp3) is 1.00. The van der Waals surface area contributed by atoms with Crippen LogP contribution in [0.4, 0.5) is 8.78 Å². The summed E-state index contributed by atoms with van der Waals surface area (Å²) < 4.78 is 30.5. The fourth-order valence-electron chi connectivity index (χ4n) is 1.86. The standard InChI is InChI=1S/C7H10F2O3/c8-7(9)5(11)3(1-2-10)4-6(7)12-4/h3-6,10-11H,1-2H2/t3-,4-,5+,6-/m0/s1. The minimum Gasteiger partial charge on any atom is -0.396 e. The summed E-state index contributed by atoms with van der Waals surface area (Å²) in [6.07, 6.45) is -3.11. The molecule has 0 bridgehead atoms. The Morgan fingerprint density at radius 3 is 2.50 bits per heavy atom. The van der Waals surface area contributed by atoms with E-state index in [9.17, 15) is 8.78 Å². The second kappa shape index (κ2) is 2.37. The van der Waals surface area contributed by atoms with Gasteiger partial charge in [-0.2, -0.15) is 0 Å². The van der Waals surface area contributed by atoms with Crippen molar-refractivity contribution in [1.29, 1.82) is 0 Å². The minimum atomic E-state index is -3.12. The van der Waals surface area contributed by atoms with Gasteiger partial charge in [-0.15, -0.1) is 0 Å². The number of alkyl halides is 2. The van der Waals surface area contributed by atoms with Crippen LogP contribution < -0.4 is 0 Å². The third-order valence-electron chi connectivity index (χ3n) is 2.59. The first-order valence-corrected chi connectivity index (χ1v) is 3.91. The van der Waals surface area contributed by atoms with Crippen LogP contribution in [0.5, 0.6) is 0 Å². The van der Waals surface area contributed by atoms with E-state index >= 15 is 0 Å². The molecule has 0 unspecified atom stereocenters. The van der Waals surface area contributed by atoms with Gasteiger partial charge in [0.2, 0.25) is 0 Å². The smallest absolute Gasteiger partial charge is 0.301 e. The number of hydrogen-bond acceptors (Lipinski definition) is 3. The predicted octanol–water partition coefficient (Wildman–Crippen LogP) is -0.238. The molecule has 1 aliphatic carbocycles. The van der Waals surface area contributed by atoms with Crippen LogP contribution >= 0.6 is 0 Å². The van der Waals surface area contributed by atoms with Crippen molar-refractivity contribution in [1.82, 2.24) is 0 Å². The number of aliphatic hydroxyl groups is 2. The molecule has 3 nitrogen and oxygen atoms in total. The van der Waals surface area contributed by atoms with Crippen LogP contribution in [0.1, 0.15) is 6.42 Å². The van der Waals surface area contributed by atoms with E-state index in [2.05, 4.69) is 4.74 Å². The monoisotopic (exact) mass is 180 g/mol. The molecule has 0 amide bonds. The molecular weight excluding hydrogens is 170 g/mol. The van der Waals surface area contributed by atoms with E-state index in [-0.39, 0.29) is 13.0 Å². The van der Waals surface area contributed by atoms with Gasteiger partial charge in [0.15, 0.2) is 6.10 Å². The highest BCUT2D eigenvalue weighted by Gasteiger charge is 2.72. The first-order chi connectivity index (χ1) is 5.59. The summed E-state index contributed by atoms with van der Waals surface area (Å²) in [5.74, 6) is -3.72. The zero-order valence-electron chi connectivity index (χ0n) is 6.28. The first kappa shape index (κ1) is 8.34. The lowest BCUT2D eigenvalue weighted by molar-refractivity contribution is -0.140. The third kappa shape index (κ3) is 0.901. The molecule has 12 heavy (non-hydrogen) atoms. The van der Waals surface area contributed by atoms with E-state index in [0.717, 1.165) is 0 Å². The number of halogens is 2. The number of hydrogen-bond donors (Lipinski definition) is 2. The molecule has 1 saturated carbocycles. The maximum Gasteiger partial charge on any atom is 0.301 e. The largest absolute Gasteiger partial charge is 0.396 e. The summed E-state index contributed by atoms with van der Waals surface area (Å²) in [5, 5.41) is 17.6. The van der Waals surface area contributed by atoms with Crippen molar-refractivity contribution in [2.75, 3.05) is 6.61 Å². The molecular formula is C7H10F2O3. The highest BCUT2D eigenvalue weighted by atomic mass is 19.3. The van der Waals surface area contributed by atoms with Crippen molar-refractivity contribution in [3.8, 4) is 0 Å². The van der Waals surface area contributed by atoms with Crippen LogP contribution in [-0.4, -0.2) is 41.1 Å². The van der Waals surface area contributed by atoms with Gasteiger partial charge >= 0.3 is 5.92 Å². The molecule has 0 aromatic heterocycles. The van der Waals surface area contributed by atoms with Crippen LogP contribution in [0, 0.1) is 5.92 Å². The van der Waals surface area contributed by atoms with E-state index in [1.165, 1.54) is 0 Å². The van der Waals surface area contributed by atoms with E-state index in [4.69, 9.17) is 10.2 Å². The summed E-state index contributed by atoms with van der Waals surface area (Å²) in [4.78, 5) is 0. The molecule has 2 aliphatic rings. The summed E-state index contributed by atoms with van der Waals surface area (Å²) in [6.45, 7) is -0.190. The van der Waals surface area contributed by atoms with Gasteiger partial charge in [-0.05, 0) is 6.42 Å². The van der Waals surface area contributed by atoms with Gasteiger partial charge in [0.05, 0.1) is 6.10 Å². The van der Waals surface area contributed by atoms with Crippen molar-refractivity contribution in [3.05, 3.63) is 0 Å². The highest BCUT2D eigenvalue weighted by Crippen LogP contribution is 2.53. The van der Waals surface area contributed by atoms with Crippen molar-refractivity contribution in [3.63, 3.8) is 0 Å². The van der Waals surface area contributed by atoms with Crippen molar-refractivity contribution in [2.24, 2.45) is 5.92 Å². The predicted molar refractivity (Wildman–Crippen MR) is 34.8 cm³/mol. The lowest BCUT2D eigenvalue weighted by Gasteiger charge is -2.21. The van der Waals surface area contributed by atoms with Crippen LogP contribution in [0.25, 0.3) is 0 Å². The Bertz CT molecular complexity index is 197. The second-order valence-corrected chi connectivity index (χ2v) is 3.32. The molecule has 70 valence electrons. The van der Waals surface area contributed by atoms with Crippen LogP contribution in [-0.2, 0) is 4.74 Å². The molecule has 0 aromatic rings. The van der Waals surface area contributed by atoms with Crippen molar-refractivity contribution in [2.45, 2.75) is 30.7 Å². The molecule has 1 saturated heterocycles. The van der Waals surface area contributed by atoms with Gasteiger partial charge in [-0.3, -0.25) is 0 Å². The Balaban J connectivity index is 2.09. The average Bonchev–Trinajstić information content (AvgIpc) is 2.74. The molecule has 1 aliphatic heterocycles. The number of epoxide rings is 1. The topological polar surface area (TPSA) is 53.0 Å². The Morgan fingerprint density at radius 1 is 1.42 bits per heavy atom. The van der Waals surface area contributed by atoms with Gasteiger partial charge in [-0.25, -0.2) is 8.78 Å². The zero-order chi connectivity index (χ0) is 8.93. The van der Waals surface area contributed by atoms with Crippen LogP contribution in [0.2, 0.25) is 0 Å². The summed E-state index contributed by atoms with van der Waals surface area (Å²) >= 11 is 0. The molecule has 5 heteroatoms. The molecule has 0 aromatic carbocycles. The minimum absolute atomic E-state index is 0.178. The Morgan fingerprint density at radius 2 is 2.08 bits per heavy atom. The van der Waals surface area contributed by atoms with Gasteiger partial charge in [0.25, 0.3) is 0 Å². The Hall–Kier alpha value is -0.260. The van der Waals surface area contributed by atoms with Crippen molar-refractivity contribution >= 4 is 0 Å². The van der Waals surface area contributed by atoms with E-state index in [0.29, 0.717) is 0 Å². The third-order valence-corrected chi connectivity index (χ3v) is 2.59. The normalized spacial score (nSPS) is 49.0. The summed E-state index contributed by atoms with van der Waals surface area (Å²) in [5.41, 5.74) is 0. The molecule has 0 spiro atoms. The lowest BCUT2D eigenvalue weighted by atomic mass is 10.0. The molecule has 2 rings (SSSR count). The summed E-state index contributed by atoms with van der Waals surface area (Å²) in [6, 6.07) is 0. The quantitative estimate of drug-likeness (QED) is 0.577. The van der Waals surface area contributed by atoms with Gasteiger partial charge in [-0.1, -0.05) is 0 Å². The molecule has 1 heterocycles. The van der Waals surface area contributed by atoms with Gasteiger partial charge in [0, 0.05) is 12.5 Å². The van der Waals surface area contributed by atoms with Gasteiger partial charge in [0.1, 0.15) is 6.10 Å². The number of aliphatic hydroxyl groups excluding tert-OH is 2. The summed E-state index contributed by atoms with van der Waals surface area (Å²) in [7, 11) is 0. The van der Waals surface area contributed by atoms with Gasteiger partial charge < -0.3 is 14.9 Å². The molecule has 2 N–H and O–H groups in total. The Kier molecular flexibility index (Phi) is 1.65. The lowest BCUT2D eigenvalue weighted by Crippen LogP contribution is -2.38. The molecule has 4 atom stereocenters. The van der Waals surface area contributed by atoms with Crippen molar-refractivity contribution < 1.29 is 23.7 Å². The molecule has 2 fully saturated rings. The molecule has 0 radical (unpaired) electrons. The number of ether oxygens (including phenoxy) is 1. The highest BCUT2D eigenvalue weighted by molar-refractivity contribution is 5.13. The maximum atomic E-state index is 12.9. The van der Waals surface area contributed by atoms with E-state index in [1.54, 1.807) is 0 Å².